The van der Waals surface area contributed by atoms with Crippen molar-refractivity contribution in [2.75, 3.05) is 6.54 Å². The van der Waals surface area contributed by atoms with E-state index in [-0.39, 0.29) is 11.2 Å². The van der Waals surface area contributed by atoms with E-state index in [1.807, 2.05) is 6.07 Å². The Bertz CT molecular complexity index is 394. The zero-order valence-corrected chi connectivity index (χ0v) is 11.4. The molecule has 1 aliphatic carbocycles. The lowest BCUT2D eigenvalue weighted by molar-refractivity contribution is 0.0779. The van der Waals surface area contributed by atoms with Crippen LogP contribution in [0.1, 0.15) is 48.2 Å². The van der Waals surface area contributed by atoms with Crippen LogP contribution in [0.15, 0.2) is 12.1 Å². The lowest BCUT2D eigenvalue weighted by atomic mass is 9.76. The third-order valence-corrected chi connectivity index (χ3v) is 4.96. The molecular formula is C13H18ClNOS. The van der Waals surface area contributed by atoms with Crippen molar-refractivity contribution in [1.82, 2.24) is 0 Å². The van der Waals surface area contributed by atoms with E-state index in [1.165, 1.54) is 24.2 Å². The molecule has 0 aromatic carbocycles. The van der Waals surface area contributed by atoms with Crippen LogP contribution in [0.2, 0.25) is 4.34 Å². The van der Waals surface area contributed by atoms with Crippen molar-refractivity contribution < 1.29 is 4.79 Å². The number of halogens is 1. The number of rotatable bonds is 3. The minimum absolute atomic E-state index is 0.207. The van der Waals surface area contributed by atoms with Gasteiger partial charge in [0.15, 0.2) is 5.78 Å². The van der Waals surface area contributed by atoms with Crippen LogP contribution in [-0.4, -0.2) is 12.3 Å². The molecule has 17 heavy (non-hydrogen) atoms. The second kappa shape index (κ2) is 5.51. The predicted octanol–water partition coefficient (Wildman–Crippen LogP) is 3.88. The summed E-state index contributed by atoms with van der Waals surface area (Å²) in [5.41, 5.74) is 5.57. The van der Waals surface area contributed by atoms with Gasteiger partial charge in [-0.15, -0.1) is 11.3 Å². The largest absolute Gasteiger partial charge is 0.329 e. The number of nitrogens with two attached hydrogens (primary N) is 1. The van der Waals surface area contributed by atoms with Crippen LogP contribution in [0.5, 0.6) is 0 Å². The number of carbonyl (C=O) groups is 1. The molecule has 1 aliphatic rings. The van der Waals surface area contributed by atoms with Crippen molar-refractivity contribution in [3.63, 3.8) is 0 Å². The molecule has 1 aromatic rings. The molecule has 0 bridgehead atoms. The maximum atomic E-state index is 12.6. The Hall–Kier alpha value is -0.380. The van der Waals surface area contributed by atoms with Crippen LogP contribution in [-0.2, 0) is 0 Å². The highest BCUT2D eigenvalue weighted by atomic mass is 35.5. The summed E-state index contributed by atoms with van der Waals surface area (Å²) in [6.45, 7) is 0.460. The summed E-state index contributed by atoms with van der Waals surface area (Å²) >= 11 is 7.27. The number of Topliss-reactive ketones (excluding diaryl/α,β-unsaturated/α-hetero) is 1. The minimum Gasteiger partial charge on any atom is -0.329 e. The van der Waals surface area contributed by atoms with Gasteiger partial charge in [-0.1, -0.05) is 37.3 Å². The van der Waals surface area contributed by atoms with Crippen LogP contribution in [0.25, 0.3) is 0 Å². The van der Waals surface area contributed by atoms with Crippen molar-refractivity contribution >= 4 is 28.7 Å². The van der Waals surface area contributed by atoms with Gasteiger partial charge in [0.25, 0.3) is 0 Å². The smallest absolute Gasteiger partial charge is 0.180 e. The zero-order chi connectivity index (χ0) is 12.3. The highest BCUT2D eigenvalue weighted by Crippen LogP contribution is 2.39. The van der Waals surface area contributed by atoms with E-state index in [4.69, 9.17) is 17.3 Å². The Morgan fingerprint density at radius 1 is 1.29 bits per heavy atom. The van der Waals surface area contributed by atoms with Crippen LogP contribution in [0, 0.1) is 5.41 Å². The average molecular weight is 272 g/mol. The molecule has 0 unspecified atom stereocenters. The standard InChI is InChI=1S/C13H18ClNOS/c14-11-6-5-10(17-11)12(16)13(9-15)7-3-1-2-4-8-13/h5-6H,1-4,7-9,15H2. The van der Waals surface area contributed by atoms with Gasteiger partial charge in [-0.2, -0.15) is 0 Å². The highest BCUT2D eigenvalue weighted by molar-refractivity contribution is 7.18. The molecule has 94 valence electrons. The molecule has 2 N–H and O–H groups in total. The molecular weight excluding hydrogens is 254 g/mol. The Morgan fingerprint density at radius 3 is 2.41 bits per heavy atom. The molecule has 1 fully saturated rings. The van der Waals surface area contributed by atoms with Crippen LogP contribution in [0.4, 0.5) is 0 Å². The molecule has 2 nitrogen and oxygen atoms in total. The van der Waals surface area contributed by atoms with E-state index in [1.54, 1.807) is 6.07 Å². The first kappa shape index (κ1) is 13.1. The quantitative estimate of drug-likeness (QED) is 0.670. The Balaban J connectivity index is 2.24. The van der Waals surface area contributed by atoms with E-state index in [0.717, 1.165) is 30.6 Å². The molecule has 1 heterocycles. The van der Waals surface area contributed by atoms with E-state index in [9.17, 15) is 4.79 Å². The summed E-state index contributed by atoms with van der Waals surface area (Å²) in [5.74, 6) is 0.207. The average Bonchev–Trinajstić information content (AvgIpc) is 2.64. The second-order valence-corrected chi connectivity index (χ2v) is 6.55. The van der Waals surface area contributed by atoms with Crippen molar-refractivity contribution in [2.45, 2.75) is 38.5 Å². The maximum Gasteiger partial charge on any atom is 0.180 e. The van der Waals surface area contributed by atoms with Crippen molar-refractivity contribution in [1.29, 1.82) is 0 Å². The van der Waals surface area contributed by atoms with Gasteiger partial charge in [-0.3, -0.25) is 4.79 Å². The van der Waals surface area contributed by atoms with Gasteiger partial charge in [-0.25, -0.2) is 0 Å². The van der Waals surface area contributed by atoms with Crippen molar-refractivity contribution in [3.8, 4) is 0 Å². The first-order valence-corrected chi connectivity index (χ1v) is 7.38. The van der Waals surface area contributed by atoms with E-state index < -0.39 is 0 Å². The summed E-state index contributed by atoms with van der Waals surface area (Å²) < 4.78 is 0.675. The summed E-state index contributed by atoms with van der Waals surface area (Å²) in [6, 6.07) is 3.62. The second-order valence-electron chi connectivity index (χ2n) is 4.83. The molecule has 1 aromatic heterocycles. The summed E-state index contributed by atoms with van der Waals surface area (Å²) in [5, 5.41) is 0. The molecule has 0 saturated heterocycles. The molecule has 0 atom stereocenters. The lowest BCUT2D eigenvalue weighted by Gasteiger charge is -2.29. The number of ketones is 1. The maximum absolute atomic E-state index is 12.6. The molecule has 0 amide bonds. The van der Waals surface area contributed by atoms with Gasteiger partial charge in [0.05, 0.1) is 9.21 Å². The third-order valence-electron chi connectivity index (χ3n) is 3.73. The van der Waals surface area contributed by atoms with Crippen LogP contribution < -0.4 is 5.73 Å². The van der Waals surface area contributed by atoms with Gasteiger partial charge in [0.1, 0.15) is 0 Å². The summed E-state index contributed by atoms with van der Waals surface area (Å²) in [6.07, 6.45) is 6.53. The minimum atomic E-state index is -0.329. The fraction of sp³-hybridized carbons (Fsp3) is 0.615. The van der Waals surface area contributed by atoms with Gasteiger partial charge in [0.2, 0.25) is 0 Å². The molecule has 0 radical (unpaired) electrons. The first-order chi connectivity index (χ1) is 8.18. The van der Waals surface area contributed by atoms with Crippen molar-refractivity contribution in [3.05, 3.63) is 21.3 Å². The number of thiophene rings is 1. The Morgan fingerprint density at radius 2 is 1.94 bits per heavy atom. The van der Waals surface area contributed by atoms with Gasteiger partial charge in [-0.05, 0) is 25.0 Å². The highest BCUT2D eigenvalue weighted by Gasteiger charge is 2.38. The third kappa shape index (κ3) is 2.72. The van der Waals surface area contributed by atoms with E-state index in [0.29, 0.717) is 10.9 Å². The fourth-order valence-corrected chi connectivity index (χ4v) is 3.73. The number of hydrogen-bond acceptors (Lipinski definition) is 3. The molecule has 4 heteroatoms. The van der Waals surface area contributed by atoms with Gasteiger partial charge >= 0.3 is 0 Å². The predicted molar refractivity (Wildman–Crippen MR) is 72.8 cm³/mol. The van der Waals surface area contributed by atoms with Gasteiger partial charge in [0, 0.05) is 12.0 Å². The Labute approximate surface area is 111 Å². The number of carbonyl (C=O) groups excluding carboxylic acids is 1. The van der Waals surface area contributed by atoms with Crippen molar-refractivity contribution in [2.24, 2.45) is 11.1 Å². The number of hydrogen-bond donors (Lipinski definition) is 1. The zero-order valence-electron chi connectivity index (χ0n) is 9.88. The molecule has 1 saturated carbocycles. The topological polar surface area (TPSA) is 43.1 Å². The summed E-state index contributed by atoms with van der Waals surface area (Å²) in [4.78, 5) is 13.4. The Kier molecular flexibility index (Phi) is 4.23. The SMILES string of the molecule is NCC1(C(=O)c2ccc(Cl)s2)CCCCCC1. The molecule has 2 rings (SSSR count). The molecule has 0 spiro atoms. The van der Waals surface area contributed by atoms with Gasteiger partial charge < -0.3 is 5.73 Å². The fourth-order valence-electron chi connectivity index (χ4n) is 2.63. The first-order valence-electron chi connectivity index (χ1n) is 6.18. The van der Waals surface area contributed by atoms with Crippen LogP contribution in [0.3, 0.4) is 0 Å². The van der Waals surface area contributed by atoms with E-state index >= 15 is 0 Å². The monoisotopic (exact) mass is 271 g/mol. The lowest BCUT2D eigenvalue weighted by Crippen LogP contribution is -2.38. The summed E-state index contributed by atoms with van der Waals surface area (Å²) in [7, 11) is 0. The molecule has 0 aliphatic heterocycles. The van der Waals surface area contributed by atoms with Crippen LogP contribution >= 0.6 is 22.9 Å². The van der Waals surface area contributed by atoms with E-state index in [2.05, 4.69) is 0 Å². The normalized spacial score (nSPS) is 19.9.